The first-order chi connectivity index (χ1) is 13.5. The summed E-state index contributed by atoms with van der Waals surface area (Å²) in [6, 6.07) is 8.39. The van der Waals surface area contributed by atoms with Crippen LogP contribution in [0.25, 0.3) is 28.1 Å². The number of aromatic amines is 1. The molecule has 0 radical (unpaired) electrons. The summed E-state index contributed by atoms with van der Waals surface area (Å²) in [5, 5.41) is 20.0. The molecule has 0 bridgehead atoms. The fourth-order valence-electron chi connectivity index (χ4n) is 3.06. The molecule has 4 rings (SSSR count). The number of hydrogen-bond acceptors (Lipinski definition) is 5. The molecule has 0 aliphatic heterocycles. The zero-order chi connectivity index (χ0) is 19.7. The normalized spacial score (nSPS) is 12.7. The Morgan fingerprint density at radius 3 is 2.82 bits per heavy atom. The lowest BCUT2D eigenvalue weighted by atomic mass is 9.98. The molecule has 7 nitrogen and oxygen atoms in total. The average Bonchev–Trinajstić information content (AvgIpc) is 3.34. The van der Waals surface area contributed by atoms with Crippen LogP contribution in [0.3, 0.4) is 0 Å². The number of pyridine rings is 1. The zero-order valence-electron chi connectivity index (χ0n) is 16.0. The van der Waals surface area contributed by atoms with Gasteiger partial charge in [-0.15, -0.1) is 0 Å². The molecule has 28 heavy (non-hydrogen) atoms. The van der Waals surface area contributed by atoms with Gasteiger partial charge in [-0.2, -0.15) is 10.2 Å². The van der Waals surface area contributed by atoms with Crippen LogP contribution >= 0.6 is 0 Å². The molecule has 3 heterocycles. The number of rotatable bonds is 5. The van der Waals surface area contributed by atoms with Gasteiger partial charge >= 0.3 is 0 Å². The van der Waals surface area contributed by atoms with Crippen LogP contribution in [0.2, 0.25) is 0 Å². The summed E-state index contributed by atoms with van der Waals surface area (Å²) >= 11 is 0. The number of aryl methyl sites for hydroxylation is 1. The van der Waals surface area contributed by atoms with Crippen molar-refractivity contribution in [1.82, 2.24) is 29.9 Å². The van der Waals surface area contributed by atoms with E-state index in [1.807, 2.05) is 31.7 Å². The molecule has 1 aromatic carbocycles. The third-order valence-corrected chi connectivity index (χ3v) is 4.66. The molecule has 1 unspecified atom stereocenters. The number of hydrogen-bond donors (Lipinski definition) is 2. The highest BCUT2D eigenvalue weighted by atomic mass is 15.2. The first-order valence-electron chi connectivity index (χ1n) is 9.04. The van der Waals surface area contributed by atoms with Crippen LogP contribution in [0.15, 0.2) is 48.9 Å². The van der Waals surface area contributed by atoms with E-state index in [4.69, 9.17) is 5.41 Å². The molecule has 7 heteroatoms. The van der Waals surface area contributed by atoms with Gasteiger partial charge in [-0.25, -0.2) is 4.98 Å². The highest BCUT2D eigenvalue weighted by molar-refractivity contribution is 5.93. The summed E-state index contributed by atoms with van der Waals surface area (Å²) in [7, 11) is 1.90. The number of nitrogens with zero attached hydrogens (tertiary/aromatic N) is 5. The Labute approximate surface area is 162 Å². The minimum atomic E-state index is 0.0576. The molecule has 3 aromatic heterocycles. The lowest BCUT2D eigenvalue weighted by molar-refractivity contribution is 0.768. The van der Waals surface area contributed by atoms with Crippen molar-refractivity contribution in [2.45, 2.75) is 19.8 Å². The SMILES string of the molecule is CC(=N)/C=C\c1n[nH]c(C(C)c2ccc3ncc(-c4cnn(C)c4)cc3c2)n1. The second-order valence-corrected chi connectivity index (χ2v) is 6.90. The molecule has 0 amide bonds. The summed E-state index contributed by atoms with van der Waals surface area (Å²) in [5.74, 6) is 1.43. The second-order valence-electron chi connectivity index (χ2n) is 6.90. The van der Waals surface area contributed by atoms with E-state index >= 15 is 0 Å². The van der Waals surface area contributed by atoms with E-state index in [1.54, 1.807) is 23.8 Å². The maximum atomic E-state index is 7.46. The molecular weight excluding hydrogens is 350 g/mol. The summed E-state index contributed by atoms with van der Waals surface area (Å²) in [6.07, 6.45) is 9.12. The molecule has 4 aromatic rings. The molecule has 1 atom stereocenters. The first-order valence-corrected chi connectivity index (χ1v) is 9.04. The zero-order valence-corrected chi connectivity index (χ0v) is 16.0. The van der Waals surface area contributed by atoms with E-state index in [-0.39, 0.29) is 5.92 Å². The lowest BCUT2D eigenvalue weighted by Crippen LogP contribution is -1.99. The topological polar surface area (TPSA) is 96.1 Å². The van der Waals surface area contributed by atoms with Crippen LogP contribution in [-0.2, 0) is 7.05 Å². The Bertz CT molecular complexity index is 1180. The largest absolute Gasteiger partial charge is 0.306 e. The highest BCUT2D eigenvalue weighted by Crippen LogP contribution is 2.27. The summed E-state index contributed by atoms with van der Waals surface area (Å²) < 4.78 is 1.79. The van der Waals surface area contributed by atoms with Gasteiger partial charge in [0.1, 0.15) is 5.82 Å². The lowest BCUT2D eigenvalue weighted by Gasteiger charge is -2.10. The molecule has 0 fully saturated rings. The van der Waals surface area contributed by atoms with Crippen LogP contribution in [-0.4, -0.2) is 35.7 Å². The van der Waals surface area contributed by atoms with Crippen molar-refractivity contribution in [3.8, 4) is 11.1 Å². The quantitative estimate of drug-likeness (QED) is 0.519. The number of H-pyrrole nitrogens is 1. The van der Waals surface area contributed by atoms with Crippen molar-refractivity contribution in [1.29, 1.82) is 5.41 Å². The van der Waals surface area contributed by atoms with E-state index < -0.39 is 0 Å². The number of benzene rings is 1. The van der Waals surface area contributed by atoms with Gasteiger partial charge in [0.15, 0.2) is 5.82 Å². The highest BCUT2D eigenvalue weighted by Gasteiger charge is 2.14. The summed E-state index contributed by atoms with van der Waals surface area (Å²) in [5.41, 5.74) is 4.63. The van der Waals surface area contributed by atoms with Crippen molar-refractivity contribution >= 4 is 22.7 Å². The molecule has 0 saturated heterocycles. The Morgan fingerprint density at radius 1 is 1.21 bits per heavy atom. The van der Waals surface area contributed by atoms with Gasteiger partial charge < -0.3 is 5.41 Å². The molecular formula is C21H21N7. The van der Waals surface area contributed by atoms with Crippen molar-refractivity contribution in [3.63, 3.8) is 0 Å². The number of nitrogens with one attached hydrogen (secondary N) is 2. The van der Waals surface area contributed by atoms with Gasteiger partial charge in [-0.3, -0.25) is 14.8 Å². The molecule has 0 aliphatic carbocycles. The van der Waals surface area contributed by atoms with Crippen LogP contribution in [0, 0.1) is 5.41 Å². The van der Waals surface area contributed by atoms with E-state index in [2.05, 4.69) is 50.4 Å². The standard InChI is InChI=1S/C21H21N7/c1-13(22)4-7-20-25-21(27-26-20)14(2)15-5-6-19-16(8-15)9-17(10-23-19)18-11-24-28(3)12-18/h4-12,14,22H,1-3H3,(H,25,26,27)/b7-4-,22-13?. The van der Waals surface area contributed by atoms with Gasteiger partial charge in [0, 0.05) is 47.6 Å². The number of allylic oxidation sites excluding steroid dienone is 1. The van der Waals surface area contributed by atoms with Crippen LogP contribution in [0.1, 0.15) is 37.0 Å². The smallest absolute Gasteiger partial charge is 0.173 e. The molecule has 0 saturated carbocycles. The van der Waals surface area contributed by atoms with Crippen LogP contribution in [0.5, 0.6) is 0 Å². The molecule has 140 valence electrons. The van der Waals surface area contributed by atoms with Gasteiger partial charge in [-0.05, 0) is 42.8 Å². The van der Waals surface area contributed by atoms with Gasteiger partial charge in [0.25, 0.3) is 0 Å². The van der Waals surface area contributed by atoms with Gasteiger partial charge in [0.2, 0.25) is 0 Å². The predicted octanol–water partition coefficient (Wildman–Crippen LogP) is 3.96. The van der Waals surface area contributed by atoms with Crippen LogP contribution in [0.4, 0.5) is 0 Å². The Balaban J connectivity index is 1.65. The van der Waals surface area contributed by atoms with Crippen molar-refractivity contribution in [3.05, 3.63) is 66.1 Å². The maximum Gasteiger partial charge on any atom is 0.173 e. The average molecular weight is 371 g/mol. The Morgan fingerprint density at radius 2 is 2.07 bits per heavy atom. The van der Waals surface area contributed by atoms with Gasteiger partial charge in [0.05, 0.1) is 11.7 Å². The minimum absolute atomic E-state index is 0.0576. The van der Waals surface area contributed by atoms with Crippen LogP contribution < -0.4 is 0 Å². The van der Waals surface area contributed by atoms with E-state index in [9.17, 15) is 0 Å². The third-order valence-electron chi connectivity index (χ3n) is 4.66. The molecule has 2 N–H and O–H groups in total. The molecule has 0 spiro atoms. The van der Waals surface area contributed by atoms with E-state index in [1.165, 1.54) is 0 Å². The molecule has 0 aliphatic rings. The minimum Gasteiger partial charge on any atom is -0.306 e. The van der Waals surface area contributed by atoms with Crippen molar-refractivity contribution in [2.75, 3.05) is 0 Å². The second kappa shape index (κ2) is 7.19. The maximum absolute atomic E-state index is 7.46. The monoisotopic (exact) mass is 371 g/mol. The Kier molecular flexibility index (Phi) is 4.57. The number of aromatic nitrogens is 6. The third kappa shape index (κ3) is 3.59. The predicted molar refractivity (Wildman–Crippen MR) is 110 cm³/mol. The number of fused-ring (bicyclic) bond motifs is 1. The van der Waals surface area contributed by atoms with Crippen molar-refractivity contribution < 1.29 is 0 Å². The summed E-state index contributed by atoms with van der Waals surface area (Å²) in [6.45, 7) is 3.81. The Hall–Kier alpha value is -3.61. The van der Waals surface area contributed by atoms with E-state index in [0.717, 1.165) is 33.4 Å². The first kappa shape index (κ1) is 17.8. The van der Waals surface area contributed by atoms with E-state index in [0.29, 0.717) is 11.5 Å². The summed E-state index contributed by atoms with van der Waals surface area (Å²) in [4.78, 5) is 9.11. The fraction of sp³-hybridized carbons (Fsp3) is 0.190. The van der Waals surface area contributed by atoms with Gasteiger partial charge in [-0.1, -0.05) is 13.0 Å². The van der Waals surface area contributed by atoms with Crippen molar-refractivity contribution in [2.24, 2.45) is 7.05 Å². The fourth-order valence-corrected chi connectivity index (χ4v) is 3.06.